The van der Waals surface area contributed by atoms with Gasteiger partial charge in [-0.1, -0.05) is 5.16 Å². The Hall–Kier alpha value is -1.30. The summed E-state index contributed by atoms with van der Waals surface area (Å²) in [7, 11) is 5.70. The molecule has 94 valence electrons. The second-order valence-corrected chi connectivity index (χ2v) is 4.16. The van der Waals surface area contributed by atoms with Crippen LogP contribution in [0.4, 0.5) is 0 Å². The monoisotopic (exact) mass is 230 g/mol. The van der Waals surface area contributed by atoms with E-state index in [4.69, 9.17) is 10.9 Å². The molecule has 0 saturated heterocycles. The van der Waals surface area contributed by atoms with Crippen LogP contribution in [0.5, 0.6) is 0 Å². The third-order valence-corrected chi connectivity index (χ3v) is 2.40. The highest BCUT2D eigenvalue weighted by Crippen LogP contribution is 2.02. The third-order valence-electron chi connectivity index (χ3n) is 2.40. The molecule has 0 fully saturated rings. The van der Waals surface area contributed by atoms with Gasteiger partial charge in [0, 0.05) is 13.6 Å². The smallest absolute Gasteiger partial charge is 0.232 e. The molecule has 6 nitrogen and oxygen atoms in total. The van der Waals surface area contributed by atoms with Gasteiger partial charge in [-0.2, -0.15) is 0 Å². The zero-order chi connectivity index (χ0) is 12.7. The van der Waals surface area contributed by atoms with Crippen LogP contribution in [0.2, 0.25) is 0 Å². The maximum Gasteiger partial charge on any atom is 0.232 e. The summed E-state index contributed by atoms with van der Waals surface area (Å²) in [6.07, 6.45) is 0.901. The van der Waals surface area contributed by atoms with Gasteiger partial charge in [0.1, 0.15) is 0 Å². The average molecular weight is 230 g/mol. The fourth-order valence-electron chi connectivity index (χ4n) is 1.28. The molecule has 0 spiro atoms. The van der Waals surface area contributed by atoms with E-state index in [-0.39, 0.29) is 11.7 Å². The molecule has 0 heterocycles. The van der Waals surface area contributed by atoms with Crippen molar-refractivity contribution in [3.63, 3.8) is 0 Å². The number of amides is 1. The fraction of sp³-hybridized carbons (Fsp3) is 0.800. The summed E-state index contributed by atoms with van der Waals surface area (Å²) in [4.78, 5) is 15.4. The van der Waals surface area contributed by atoms with E-state index in [9.17, 15) is 4.79 Å². The van der Waals surface area contributed by atoms with Crippen molar-refractivity contribution in [1.29, 1.82) is 0 Å². The Kier molecular flexibility index (Phi) is 6.48. The minimum atomic E-state index is -0.575. The van der Waals surface area contributed by atoms with Crippen molar-refractivity contribution in [1.82, 2.24) is 9.80 Å². The molecule has 0 radical (unpaired) electrons. The number of carbonyl (C=O) groups is 1. The Morgan fingerprint density at radius 3 is 2.38 bits per heavy atom. The van der Waals surface area contributed by atoms with Crippen LogP contribution < -0.4 is 5.73 Å². The van der Waals surface area contributed by atoms with Crippen LogP contribution in [0.1, 0.15) is 13.3 Å². The van der Waals surface area contributed by atoms with Crippen molar-refractivity contribution in [2.75, 3.05) is 34.2 Å². The summed E-state index contributed by atoms with van der Waals surface area (Å²) in [6, 6.07) is 0. The second kappa shape index (κ2) is 7.05. The summed E-state index contributed by atoms with van der Waals surface area (Å²) in [5, 5.41) is 11.3. The first-order valence-electron chi connectivity index (χ1n) is 5.27. The van der Waals surface area contributed by atoms with Crippen molar-refractivity contribution in [2.24, 2.45) is 16.8 Å². The van der Waals surface area contributed by atoms with Crippen LogP contribution in [0.3, 0.4) is 0 Å². The minimum absolute atomic E-state index is 0.0514. The summed E-state index contributed by atoms with van der Waals surface area (Å²) >= 11 is 0. The van der Waals surface area contributed by atoms with Crippen molar-refractivity contribution in [2.45, 2.75) is 13.3 Å². The van der Waals surface area contributed by atoms with Crippen LogP contribution in [-0.2, 0) is 4.79 Å². The molecule has 0 aromatic rings. The number of oxime groups is 1. The minimum Gasteiger partial charge on any atom is -0.409 e. The SMILES string of the molecule is CC(C(=O)N(C)CCCN(C)C)C(N)=NO. The van der Waals surface area contributed by atoms with Gasteiger partial charge in [-0.15, -0.1) is 0 Å². The quantitative estimate of drug-likeness (QED) is 0.286. The summed E-state index contributed by atoms with van der Waals surface area (Å²) in [5.41, 5.74) is 5.38. The lowest BCUT2D eigenvalue weighted by Gasteiger charge is -2.21. The van der Waals surface area contributed by atoms with E-state index in [0.29, 0.717) is 6.54 Å². The van der Waals surface area contributed by atoms with Gasteiger partial charge in [0.05, 0.1) is 5.92 Å². The van der Waals surface area contributed by atoms with Crippen LogP contribution >= 0.6 is 0 Å². The van der Waals surface area contributed by atoms with Crippen LogP contribution in [0, 0.1) is 5.92 Å². The molecule has 0 saturated carbocycles. The lowest BCUT2D eigenvalue weighted by Crippen LogP contribution is -2.39. The number of hydrogen-bond donors (Lipinski definition) is 2. The molecule has 0 aliphatic carbocycles. The van der Waals surface area contributed by atoms with Crippen molar-refractivity contribution < 1.29 is 10.0 Å². The van der Waals surface area contributed by atoms with Crippen LogP contribution in [0.15, 0.2) is 5.16 Å². The number of amidine groups is 1. The number of carbonyl (C=O) groups excluding carboxylic acids is 1. The molecule has 6 heteroatoms. The van der Waals surface area contributed by atoms with Gasteiger partial charge in [-0.05, 0) is 34.0 Å². The number of nitrogens with zero attached hydrogens (tertiary/aromatic N) is 3. The molecule has 3 N–H and O–H groups in total. The predicted octanol–water partition coefficient (Wildman–Crippen LogP) is -0.221. The molecule has 0 aromatic carbocycles. The van der Waals surface area contributed by atoms with Crippen molar-refractivity contribution >= 4 is 11.7 Å². The lowest BCUT2D eigenvalue weighted by atomic mass is 10.1. The second-order valence-electron chi connectivity index (χ2n) is 4.16. The van der Waals surface area contributed by atoms with E-state index in [1.54, 1.807) is 18.9 Å². The highest BCUT2D eigenvalue weighted by molar-refractivity contribution is 6.01. The molecule has 1 unspecified atom stereocenters. The largest absolute Gasteiger partial charge is 0.409 e. The molecular formula is C10H22N4O2. The highest BCUT2D eigenvalue weighted by atomic mass is 16.4. The third kappa shape index (κ3) is 4.97. The Morgan fingerprint density at radius 1 is 1.38 bits per heavy atom. The van der Waals surface area contributed by atoms with E-state index >= 15 is 0 Å². The Labute approximate surface area is 96.7 Å². The fourth-order valence-corrected chi connectivity index (χ4v) is 1.28. The molecular weight excluding hydrogens is 208 g/mol. The predicted molar refractivity (Wildman–Crippen MR) is 63.4 cm³/mol. The van der Waals surface area contributed by atoms with Gasteiger partial charge >= 0.3 is 0 Å². The summed E-state index contributed by atoms with van der Waals surface area (Å²) < 4.78 is 0. The first-order chi connectivity index (χ1) is 7.40. The van der Waals surface area contributed by atoms with Gasteiger partial charge in [-0.25, -0.2) is 0 Å². The molecule has 0 aliphatic rings. The maximum absolute atomic E-state index is 11.8. The highest BCUT2D eigenvalue weighted by Gasteiger charge is 2.20. The van der Waals surface area contributed by atoms with Crippen molar-refractivity contribution in [3.05, 3.63) is 0 Å². The molecule has 16 heavy (non-hydrogen) atoms. The molecule has 1 amide bonds. The maximum atomic E-state index is 11.8. The molecule has 0 aromatic heterocycles. The van der Waals surface area contributed by atoms with Crippen LogP contribution in [-0.4, -0.2) is 61.0 Å². The molecule has 0 rings (SSSR count). The Balaban J connectivity index is 4.08. The lowest BCUT2D eigenvalue weighted by molar-refractivity contribution is -0.131. The average Bonchev–Trinajstić information content (AvgIpc) is 2.25. The Bertz CT molecular complexity index is 253. The standard InChI is InChI=1S/C10H22N4O2/c1-8(9(11)12-16)10(15)14(4)7-5-6-13(2)3/h8,16H,5-7H2,1-4H3,(H2,11,12). The first-order valence-corrected chi connectivity index (χ1v) is 5.27. The van der Waals surface area contributed by atoms with Gasteiger partial charge in [-0.3, -0.25) is 4.79 Å². The van der Waals surface area contributed by atoms with E-state index in [1.165, 1.54) is 0 Å². The topological polar surface area (TPSA) is 82.2 Å². The van der Waals surface area contributed by atoms with E-state index < -0.39 is 5.92 Å². The van der Waals surface area contributed by atoms with Crippen LogP contribution in [0.25, 0.3) is 0 Å². The summed E-state index contributed by atoms with van der Waals surface area (Å²) in [5.74, 6) is -0.757. The van der Waals surface area contributed by atoms with E-state index in [0.717, 1.165) is 13.0 Å². The summed E-state index contributed by atoms with van der Waals surface area (Å²) in [6.45, 7) is 3.22. The van der Waals surface area contributed by atoms with Gasteiger partial charge in [0.2, 0.25) is 5.91 Å². The zero-order valence-electron chi connectivity index (χ0n) is 10.5. The number of hydrogen-bond acceptors (Lipinski definition) is 4. The normalized spacial score (nSPS) is 13.9. The van der Waals surface area contributed by atoms with E-state index in [2.05, 4.69) is 10.1 Å². The number of rotatable bonds is 6. The van der Waals surface area contributed by atoms with Gasteiger partial charge < -0.3 is 20.7 Å². The van der Waals surface area contributed by atoms with Gasteiger partial charge in [0.25, 0.3) is 0 Å². The molecule has 1 atom stereocenters. The van der Waals surface area contributed by atoms with Gasteiger partial charge in [0.15, 0.2) is 5.84 Å². The Morgan fingerprint density at radius 2 is 1.94 bits per heavy atom. The van der Waals surface area contributed by atoms with E-state index in [1.807, 2.05) is 14.1 Å². The van der Waals surface area contributed by atoms with Crippen molar-refractivity contribution in [3.8, 4) is 0 Å². The zero-order valence-corrected chi connectivity index (χ0v) is 10.5. The first kappa shape index (κ1) is 14.7. The molecule has 0 bridgehead atoms. The number of nitrogens with two attached hydrogens (primary N) is 1. The molecule has 0 aliphatic heterocycles.